The second-order valence-corrected chi connectivity index (χ2v) is 4.24. The van der Waals surface area contributed by atoms with Crippen LogP contribution in [0.4, 0.5) is 10.6 Å². The van der Waals surface area contributed by atoms with E-state index < -0.39 is 5.97 Å². The van der Waals surface area contributed by atoms with E-state index in [1.807, 2.05) is 0 Å². The molecule has 0 atom stereocenters. The first-order chi connectivity index (χ1) is 9.15. The largest absolute Gasteiger partial charge is 0.478 e. The Morgan fingerprint density at radius 3 is 2.74 bits per heavy atom. The van der Waals surface area contributed by atoms with Crippen LogP contribution in [0.1, 0.15) is 18.5 Å². The molecule has 2 N–H and O–H groups in total. The molecule has 1 aromatic rings. The SMILES string of the molecule is O=C(O)C=Cc1cccc(NC(=O)N2CCCC2)n1. The van der Waals surface area contributed by atoms with Crippen molar-refractivity contribution < 1.29 is 14.7 Å². The molecule has 1 saturated heterocycles. The van der Waals surface area contributed by atoms with E-state index >= 15 is 0 Å². The van der Waals surface area contributed by atoms with Gasteiger partial charge in [-0.2, -0.15) is 0 Å². The van der Waals surface area contributed by atoms with Gasteiger partial charge in [0.25, 0.3) is 0 Å². The predicted octanol–water partition coefficient (Wildman–Crippen LogP) is 1.81. The number of urea groups is 1. The van der Waals surface area contributed by atoms with Crippen molar-refractivity contribution in [2.75, 3.05) is 18.4 Å². The summed E-state index contributed by atoms with van der Waals surface area (Å²) in [5, 5.41) is 11.2. The summed E-state index contributed by atoms with van der Waals surface area (Å²) in [7, 11) is 0. The Hall–Kier alpha value is -2.37. The molecular weight excluding hydrogens is 246 g/mol. The quantitative estimate of drug-likeness (QED) is 0.813. The lowest BCUT2D eigenvalue weighted by Gasteiger charge is -2.15. The number of carbonyl (C=O) groups is 2. The Kier molecular flexibility index (Phi) is 4.12. The van der Waals surface area contributed by atoms with Crippen LogP contribution in [-0.2, 0) is 4.79 Å². The fourth-order valence-electron chi connectivity index (χ4n) is 1.88. The standard InChI is InChI=1S/C13H15N3O3/c17-12(18)7-6-10-4-3-5-11(14-10)15-13(19)16-8-1-2-9-16/h3-7H,1-2,8-9H2,(H,17,18)(H,14,15,19). The Bertz CT molecular complexity index is 508. The van der Waals surface area contributed by atoms with Crippen LogP contribution in [0.5, 0.6) is 0 Å². The molecule has 2 amide bonds. The van der Waals surface area contributed by atoms with Crippen molar-refractivity contribution in [1.29, 1.82) is 0 Å². The fraction of sp³-hybridized carbons (Fsp3) is 0.308. The number of pyridine rings is 1. The van der Waals surface area contributed by atoms with Crippen LogP contribution in [0, 0.1) is 0 Å². The molecule has 0 aromatic carbocycles. The molecule has 19 heavy (non-hydrogen) atoms. The number of hydrogen-bond acceptors (Lipinski definition) is 3. The number of rotatable bonds is 3. The van der Waals surface area contributed by atoms with Crippen LogP contribution in [0.25, 0.3) is 6.08 Å². The van der Waals surface area contributed by atoms with Gasteiger partial charge in [0, 0.05) is 19.2 Å². The highest BCUT2D eigenvalue weighted by molar-refractivity contribution is 5.89. The van der Waals surface area contributed by atoms with Crippen LogP contribution < -0.4 is 5.32 Å². The van der Waals surface area contributed by atoms with Gasteiger partial charge in [0.05, 0.1) is 5.69 Å². The number of hydrogen-bond donors (Lipinski definition) is 2. The van der Waals surface area contributed by atoms with Crippen LogP contribution in [0.15, 0.2) is 24.3 Å². The van der Waals surface area contributed by atoms with E-state index in [4.69, 9.17) is 5.11 Å². The van der Waals surface area contributed by atoms with Gasteiger partial charge in [-0.1, -0.05) is 6.07 Å². The van der Waals surface area contributed by atoms with Gasteiger partial charge >= 0.3 is 12.0 Å². The maximum absolute atomic E-state index is 11.9. The number of carboxylic acid groups (broad SMARTS) is 1. The zero-order valence-electron chi connectivity index (χ0n) is 10.4. The minimum atomic E-state index is -1.03. The topological polar surface area (TPSA) is 82.5 Å². The van der Waals surface area contributed by atoms with Gasteiger partial charge in [-0.3, -0.25) is 5.32 Å². The molecule has 0 aliphatic carbocycles. The molecular formula is C13H15N3O3. The summed E-state index contributed by atoms with van der Waals surface area (Å²) in [4.78, 5) is 28.2. The van der Waals surface area contributed by atoms with Crippen LogP contribution >= 0.6 is 0 Å². The molecule has 1 aliphatic rings. The van der Waals surface area contributed by atoms with E-state index in [1.54, 1.807) is 23.1 Å². The van der Waals surface area contributed by atoms with Crippen molar-refractivity contribution in [2.45, 2.75) is 12.8 Å². The molecule has 6 heteroatoms. The Morgan fingerprint density at radius 1 is 1.32 bits per heavy atom. The Morgan fingerprint density at radius 2 is 2.05 bits per heavy atom. The Labute approximate surface area is 110 Å². The second kappa shape index (κ2) is 5.99. The van der Waals surface area contributed by atoms with Crippen molar-refractivity contribution >= 4 is 23.9 Å². The average molecular weight is 261 g/mol. The van der Waals surface area contributed by atoms with Crippen LogP contribution in [-0.4, -0.2) is 40.1 Å². The number of carbonyl (C=O) groups excluding carboxylic acids is 1. The molecule has 2 rings (SSSR count). The molecule has 100 valence electrons. The first-order valence-electron chi connectivity index (χ1n) is 6.09. The molecule has 0 saturated carbocycles. The van der Waals surface area contributed by atoms with Gasteiger partial charge < -0.3 is 10.0 Å². The van der Waals surface area contributed by atoms with Crippen molar-refractivity contribution in [3.63, 3.8) is 0 Å². The summed E-state index contributed by atoms with van der Waals surface area (Å²) in [5.41, 5.74) is 0.488. The minimum Gasteiger partial charge on any atom is -0.478 e. The number of amides is 2. The lowest BCUT2D eigenvalue weighted by molar-refractivity contribution is -0.131. The third-order valence-electron chi connectivity index (χ3n) is 2.80. The van der Waals surface area contributed by atoms with Crippen LogP contribution in [0.3, 0.4) is 0 Å². The number of aromatic nitrogens is 1. The third kappa shape index (κ3) is 3.80. The number of aliphatic carboxylic acids is 1. The van der Waals surface area contributed by atoms with Crippen molar-refractivity contribution in [3.8, 4) is 0 Å². The highest BCUT2D eigenvalue weighted by atomic mass is 16.4. The van der Waals surface area contributed by atoms with E-state index in [1.165, 1.54) is 6.08 Å². The maximum Gasteiger partial charge on any atom is 0.328 e. The molecule has 0 unspecified atom stereocenters. The second-order valence-electron chi connectivity index (χ2n) is 4.24. The average Bonchev–Trinajstić information content (AvgIpc) is 2.91. The van der Waals surface area contributed by atoms with Gasteiger partial charge in [-0.25, -0.2) is 14.6 Å². The highest BCUT2D eigenvalue weighted by Crippen LogP contribution is 2.11. The zero-order chi connectivity index (χ0) is 13.7. The number of carboxylic acids is 1. The first kappa shape index (κ1) is 13.1. The zero-order valence-corrected chi connectivity index (χ0v) is 10.4. The molecule has 1 fully saturated rings. The smallest absolute Gasteiger partial charge is 0.328 e. The van der Waals surface area contributed by atoms with E-state index in [2.05, 4.69) is 10.3 Å². The van der Waals surface area contributed by atoms with Crippen molar-refractivity contribution in [3.05, 3.63) is 30.0 Å². The molecule has 1 aliphatic heterocycles. The van der Waals surface area contributed by atoms with Gasteiger partial charge in [0.15, 0.2) is 0 Å². The third-order valence-corrected chi connectivity index (χ3v) is 2.80. The summed E-state index contributed by atoms with van der Waals surface area (Å²) in [6.45, 7) is 1.54. The van der Waals surface area contributed by atoms with Gasteiger partial charge in [-0.05, 0) is 31.1 Å². The highest BCUT2D eigenvalue weighted by Gasteiger charge is 2.17. The van der Waals surface area contributed by atoms with Gasteiger partial charge in [0.1, 0.15) is 5.82 Å². The lowest BCUT2D eigenvalue weighted by Crippen LogP contribution is -2.32. The van der Waals surface area contributed by atoms with Crippen molar-refractivity contribution in [2.24, 2.45) is 0 Å². The summed E-state index contributed by atoms with van der Waals surface area (Å²) in [6.07, 6.45) is 4.45. The van der Waals surface area contributed by atoms with E-state index in [-0.39, 0.29) is 6.03 Å². The van der Waals surface area contributed by atoms with Gasteiger partial charge in [0.2, 0.25) is 0 Å². The lowest BCUT2D eigenvalue weighted by atomic mass is 10.3. The maximum atomic E-state index is 11.9. The Balaban J connectivity index is 2.02. The first-order valence-corrected chi connectivity index (χ1v) is 6.09. The molecule has 0 bridgehead atoms. The number of likely N-dealkylation sites (tertiary alicyclic amines) is 1. The van der Waals surface area contributed by atoms with Crippen LogP contribution in [0.2, 0.25) is 0 Å². The molecule has 1 aromatic heterocycles. The van der Waals surface area contributed by atoms with Crippen molar-refractivity contribution in [1.82, 2.24) is 9.88 Å². The summed E-state index contributed by atoms with van der Waals surface area (Å²) in [5.74, 6) is -0.613. The van der Waals surface area contributed by atoms with E-state index in [9.17, 15) is 9.59 Å². The summed E-state index contributed by atoms with van der Waals surface area (Å²) in [6, 6.07) is 4.90. The number of nitrogens with zero attached hydrogens (tertiary/aromatic N) is 2. The molecule has 0 spiro atoms. The monoisotopic (exact) mass is 261 g/mol. The fourth-order valence-corrected chi connectivity index (χ4v) is 1.88. The number of nitrogens with one attached hydrogen (secondary N) is 1. The predicted molar refractivity (Wildman–Crippen MR) is 70.7 cm³/mol. The summed E-state index contributed by atoms with van der Waals surface area (Å²) < 4.78 is 0. The van der Waals surface area contributed by atoms with E-state index in [0.29, 0.717) is 11.5 Å². The molecule has 2 heterocycles. The number of anilines is 1. The minimum absolute atomic E-state index is 0.163. The van der Waals surface area contributed by atoms with Gasteiger partial charge in [-0.15, -0.1) is 0 Å². The summed E-state index contributed by atoms with van der Waals surface area (Å²) >= 11 is 0. The van der Waals surface area contributed by atoms with E-state index in [0.717, 1.165) is 32.0 Å². The molecule has 6 nitrogen and oxygen atoms in total. The molecule has 0 radical (unpaired) electrons. The normalized spacial score (nSPS) is 14.8.